The van der Waals surface area contributed by atoms with Gasteiger partial charge in [0.1, 0.15) is 16.7 Å². The number of aromatic nitrogens is 1. The van der Waals surface area contributed by atoms with Crippen molar-refractivity contribution in [2.75, 3.05) is 26.7 Å². The molecule has 0 spiro atoms. The first-order valence-corrected chi connectivity index (χ1v) is 13.1. The number of likely N-dealkylation sites (N-methyl/N-ethyl adjacent to an activating group) is 1. The first-order chi connectivity index (χ1) is 16.1. The zero-order valence-electron chi connectivity index (χ0n) is 20.6. The largest absolute Gasteiger partial charge is 0.487 e. The highest BCUT2D eigenvalue weighted by Gasteiger charge is 2.38. The molecule has 0 radical (unpaired) electrons. The van der Waals surface area contributed by atoms with Crippen LogP contribution in [0.25, 0.3) is 0 Å². The zero-order valence-corrected chi connectivity index (χ0v) is 21.4. The fourth-order valence-electron chi connectivity index (χ4n) is 3.92. The number of benzene rings is 1. The van der Waals surface area contributed by atoms with E-state index >= 15 is 0 Å². The van der Waals surface area contributed by atoms with Crippen LogP contribution < -0.4 is 4.74 Å². The molecule has 1 aromatic heterocycles. The van der Waals surface area contributed by atoms with Gasteiger partial charge in [-0.25, -0.2) is 8.42 Å². The van der Waals surface area contributed by atoms with Gasteiger partial charge in [0.05, 0.1) is 6.61 Å². The van der Waals surface area contributed by atoms with Gasteiger partial charge in [-0.1, -0.05) is 38.7 Å². The molecule has 1 aliphatic heterocycles. The van der Waals surface area contributed by atoms with E-state index in [0.717, 1.165) is 5.56 Å². The third-order valence-electron chi connectivity index (χ3n) is 5.84. The number of rotatable bonds is 6. The summed E-state index contributed by atoms with van der Waals surface area (Å²) in [7, 11) is -1.85. The van der Waals surface area contributed by atoms with Crippen molar-refractivity contribution in [3.05, 3.63) is 53.9 Å². The lowest BCUT2D eigenvalue weighted by Gasteiger charge is -2.37. The maximum Gasteiger partial charge on any atom is 0.247 e. The molecule has 7 nitrogen and oxygen atoms in total. The van der Waals surface area contributed by atoms with Crippen LogP contribution in [-0.4, -0.2) is 66.6 Å². The summed E-state index contributed by atoms with van der Waals surface area (Å²) in [4.78, 5) is 6.44. The average Bonchev–Trinajstić information content (AvgIpc) is 2.80. The van der Waals surface area contributed by atoms with Crippen molar-refractivity contribution >= 4 is 10.0 Å². The van der Waals surface area contributed by atoms with Gasteiger partial charge in [-0.2, -0.15) is 4.31 Å². The molecule has 0 saturated carbocycles. The Labute approximate surface area is 203 Å². The van der Waals surface area contributed by atoms with E-state index < -0.39 is 16.1 Å². The Morgan fingerprint density at radius 2 is 2.06 bits per heavy atom. The Balaban J connectivity index is 1.99. The molecule has 0 unspecified atom stereocenters. The van der Waals surface area contributed by atoms with E-state index in [1.807, 2.05) is 46.1 Å². The summed E-state index contributed by atoms with van der Waals surface area (Å²) in [5.41, 5.74) is 1.80. The van der Waals surface area contributed by atoms with Crippen LogP contribution in [0, 0.1) is 23.7 Å². The average molecular weight is 486 g/mol. The number of sulfonamides is 1. The molecule has 184 valence electrons. The van der Waals surface area contributed by atoms with Gasteiger partial charge in [0.2, 0.25) is 10.0 Å². The third-order valence-corrected chi connectivity index (χ3v) is 7.86. The van der Waals surface area contributed by atoms with Gasteiger partial charge >= 0.3 is 0 Å². The molecule has 8 heteroatoms. The van der Waals surface area contributed by atoms with E-state index in [9.17, 15) is 13.5 Å². The van der Waals surface area contributed by atoms with Crippen LogP contribution in [0.15, 0.2) is 47.6 Å². The van der Waals surface area contributed by atoms with Crippen LogP contribution in [0.2, 0.25) is 0 Å². The molecule has 3 atom stereocenters. The number of nitrogens with zero attached hydrogens (tertiary/aromatic N) is 3. The minimum Gasteiger partial charge on any atom is -0.487 e. The maximum atomic E-state index is 13.6. The van der Waals surface area contributed by atoms with E-state index in [1.165, 1.54) is 4.31 Å². The molecule has 0 saturated heterocycles. The molecule has 2 heterocycles. The fourth-order valence-corrected chi connectivity index (χ4v) is 5.75. The van der Waals surface area contributed by atoms with Crippen molar-refractivity contribution in [2.24, 2.45) is 11.8 Å². The Kier molecular flexibility index (Phi) is 8.72. The molecule has 2 aromatic rings. The Morgan fingerprint density at radius 3 is 2.71 bits per heavy atom. The smallest absolute Gasteiger partial charge is 0.247 e. The van der Waals surface area contributed by atoms with Crippen LogP contribution in [0.5, 0.6) is 5.75 Å². The molecule has 3 rings (SSSR count). The van der Waals surface area contributed by atoms with Gasteiger partial charge in [-0.15, -0.1) is 0 Å². The molecule has 0 amide bonds. The Hall–Kier alpha value is -2.44. The predicted molar refractivity (Wildman–Crippen MR) is 133 cm³/mol. The van der Waals surface area contributed by atoms with E-state index in [4.69, 9.17) is 4.74 Å². The van der Waals surface area contributed by atoms with Gasteiger partial charge < -0.3 is 9.84 Å². The van der Waals surface area contributed by atoms with Crippen LogP contribution in [0.1, 0.15) is 38.8 Å². The van der Waals surface area contributed by atoms with E-state index in [-0.39, 0.29) is 36.0 Å². The first-order valence-electron chi connectivity index (χ1n) is 11.6. The lowest BCUT2D eigenvalue weighted by atomic mass is 10.0. The normalized spacial score (nSPS) is 21.1. The van der Waals surface area contributed by atoms with Crippen LogP contribution in [0.4, 0.5) is 0 Å². The number of fused-ring (bicyclic) bond motifs is 1. The number of aliphatic hydroxyl groups excluding tert-OH is 1. The summed E-state index contributed by atoms with van der Waals surface area (Å²) in [5.74, 6) is 6.61. The van der Waals surface area contributed by atoms with Gasteiger partial charge in [-0.05, 0) is 43.8 Å². The Morgan fingerprint density at radius 1 is 1.29 bits per heavy atom. The quantitative estimate of drug-likeness (QED) is 0.634. The van der Waals surface area contributed by atoms with Gasteiger partial charge in [0, 0.05) is 55.5 Å². The summed E-state index contributed by atoms with van der Waals surface area (Å²) in [6, 6.07) is 8.39. The second-order valence-corrected chi connectivity index (χ2v) is 11.2. The molecule has 0 aliphatic carbocycles. The summed E-state index contributed by atoms with van der Waals surface area (Å²) < 4.78 is 34.9. The minimum absolute atomic E-state index is 0.106. The second-order valence-electron chi connectivity index (χ2n) is 9.38. The monoisotopic (exact) mass is 485 g/mol. The SMILES string of the molecule is CC(C)C#Cc1ccc2c(c1)O[C@@H](CN(C)Cc1cccnc1)[C@@H](C)CN([C@H](C)CO)S2(=O)=O. The van der Waals surface area contributed by atoms with E-state index in [1.54, 1.807) is 31.3 Å². The molecule has 0 bridgehead atoms. The van der Waals surface area contributed by atoms with Crippen molar-refractivity contribution in [3.63, 3.8) is 0 Å². The highest BCUT2D eigenvalue weighted by atomic mass is 32.2. The molecule has 34 heavy (non-hydrogen) atoms. The van der Waals surface area contributed by atoms with Gasteiger partial charge in [0.25, 0.3) is 0 Å². The van der Waals surface area contributed by atoms with E-state index in [2.05, 4.69) is 21.7 Å². The Bertz CT molecular complexity index is 1130. The maximum absolute atomic E-state index is 13.6. The summed E-state index contributed by atoms with van der Waals surface area (Å²) in [5, 5.41) is 9.79. The first kappa shape index (κ1) is 26.2. The predicted octanol–water partition coefficient (Wildman–Crippen LogP) is 2.99. The van der Waals surface area contributed by atoms with Crippen LogP contribution in [0.3, 0.4) is 0 Å². The fraction of sp³-hybridized carbons (Fsp3) is 0.500. The molecular weight excluding hydrogens is 450 g/mol. The molecular formula is C26H35N3O4S. The van der Waals surface area contributed by atoms with Crippen molar-refractivity contribution in [3.8, 4) is 17.6 Å². The lowest BCUT2D eigenvalue weighted by molar-refractivity contribution is 0.0733. The topological polar surface area (TPSA) is 83.0 Å². The van der Waals surface area contributed by atoms with Crippen molar-refractivity contribution < 1.29 is 18.3 Å². The van der Waals surface area contributed by atoms with Crippen molar-refractivity contribution in [1.29, 1.82) is 0 Å². The number of aliphatic hydroxyl groups is 1. The zero-order chi connectivity index (χ0) is 24.9. The highest BCUT2D eigenvalue weighted by molar-refractivity contribution is 7.89. The third kappa shape index (κ3) is 6.36. The number of hydrogen-bond donors (Lipinski definition) is 1. The standard InChI is InChI=1S/C26H35N3O4S/c1-19(2)8-9-22-10-11-26-24(13-22)33-25(17-28(5)16-23-7-6-12-27-14-23)20(3)15-29(21(4)18-30)34(26,31)32/h6-7,10-14,19-21,25,30H,15-18H2,1-5H3/t20-,21+,25-/m0/s1. The molecule has 1 aliphatic rings. The van der Waals surface area contributed by atoms with Crippen molar-refractivity contribution in [1.82, 2.24) is 14.2 Å². The summed E-state index contributed by atoms with van der Waals surface area (Å²) in [6.07, 6.45) is 3.32. The number of ether oxygens (including phenoxy) is 1. The van der Waals surface area contributed by atoms with Crippen molar-refractivity contribution in [2.45, 2.75) is 51.3 Å². The number of hydrogen-bond acceptors (Lipinski definition) is 6. The minimum atomic E-state index is -3.86. The van der Waals surface area contributed by atoms with Gasteiger partial charge in [0.15, 0.2) is 0 Å². The lowest BCUT2D eigenvalue weighted by Crippen LogP contribution is -2.49. The number of pyridine rings is 1. The molecule has 1 N–H and O–H groups in total. The molecule has 0 fully saturated rings. The van der Waals surface area contributed by atoms with Crippen LogP contribution >= 0.6 is 0 Å². The second kappa shape index (κ2) is 11.3. The van der Waals surface area contributed by atoms with Crippen LogP contribution in [-0.2, 0) is 16.6 Å². The highest BCUT2D eigenvalue weighted by Crippen LogP contribution is 2.34. The van der Waals surface area contributed by atoms with Gasteiger partial charge in [-0.3, -0.25) is 9.88 Å². The van der Waals surface area contributed by atoms with E-state index in [0.29, 0.717) is 24.4 Å². The molecule has 1 aromatic carbocycles. The summed E-state index contributed by atoms with van der Waals surface area (Å²) >= 11 is 0. The summed E-state index contributed by atoms with van der Waals surface area (Å²) in [6.45, 7) is 9.01.